The number of benzene rings is 2. The average molecular weight is 419 g/mol. The molecule has 0 fully saturated rings. The Morgan fingerprint density at radius 2 is 1.82 bits per heavy atom. The van der Waals surface area contributed by atoms with Gasteiger partial charge in [0.15, 0.2) is 11.6 Å². The summed E-state index contributed by atoms with van der Waals surface area (Å²) < 4.78 is 54.2. The van der Waals surface area contributed by atoms with Gasteiger partial charge in [-0.1, -0.05) is 29.8 Å². The highest BCUT2D eigenvalue weighted by molar-refractivity contribution is 7.91. The second-order valence-electron chi connectivity index (χ2n) is 6.60. The van der Waals surface area contributed by atoms with E-state index in [1.807, 2.05) is 6.92 Å². The molecule has 0 bridgehead atoms. The van der Waals surface area contributed by atoms with E-state index in [9.17, 15) is 22.0 Å². The number of rotatable bonds is 3. The average Bonchev–Trinajstić information content (AvgIpc) is 3.08. The van der Waals surface area contributed by atoms with Crippen LogP contribution < -0.4 is 5.32 Å². The van der Waals surface area contributed by atoms with Crippen LogP contribution in [-0.4, -0.2) is 14.3 Å². The topological polar surface area (TPSA) is 63.2 Å². The Morgan fingerprint density at radius 1 is 1.11 bits per heavy atom. The first-order valence-electron chi connectivity index (χ1n) is 8.46. The molecule has 0 unspecified atom stereocenters. The van der Waals surface area contributed by atoms with Crippen molar-refractivity contribution >= 4 is 32.8 Å². The van der Waals surface area contributed by atoms with E-state index < -0.39 is 33.3 Å². The van der Waals surface area contributed by atoms with E-state index in [4.69, 9.17) is 0 Å². The minimum Gasteiger partial charge on any atom is -0.324 e. The first-order valence-corrected chi connectivity index (χ1v) is 10.8. The molecule has 0 saturated carbocycles. The summed E-state index contributed by atoms with van der Waals surface area (Å²) in [5.74, 6) is -3.22. The molecule has 4 nitrogen and oxygen atoms in total. The van der Waals surface area contributed by atoms with Crippen molar-refractivity contribution in [3.05, 3.63) is 75.5 Å². The highest BCUT2D eigenvalue weighted by Gasteiger charge is 2.35. The number of thiophene rings is 1. The molecule has 1 aliphatic heterocycles. The van der Waals surface area contributed by atoms with Crippen molar-refractivity contribution < 1.29 is 22.0 Å². The fraction of sp³-hybridized carbons (Fsp3) is 0.150. The molecule has 1 aliphatic rings. The molecular weight excluding hydrogens is 404 g/mol. The molecule has 2 aromatic carbocycles. The minimum absolute atomic E-state index is 0.0359. The third kappa shape index (κ3) is 3.02. The monoisotopic (exact) mass is 419 g/mol. The Kier molecular flexibility index (Phi) is 4.55. The zero-order chi connectivity index (χ0) is 20.1. The fourth-order valence-electron chi connectivity index (χ4n) is 3.29. The zero-order valence-electron chi connectivity index (χ0n) is 14.7. The number of sulfone groups is 1. The molecule has 1 atom stereocenters. The maximum absolute atomic E-state index is 14.3. The molecule has 1 N–H and O–H groups in total. The number of amides is 1. The number of anilines is 1. The van der Waals surface area contributed by atoms with E-state index in [2.05, 4.69) is 5.32 Å². The summed E-state index contributed by atoms with van der Waals surface area (Å²) in [6.45, 7) is 1.85. The van der Waals surface area contributed by atoms with Crippen LogP contribution in [0.2, 0.25) is 0 Å². The Morgan fingerprint density at radius 3 is 2.54 bits per heavy atom. The van der Waals surface area contributed by atoms with Gasteiger partial charge < -0.3 is 5.32 Å². The summed E-state index contributed by atoms with van der Waals surface area (Å²) in [5, 5.41) is 4.05. The number of halogens is 2. The lowest BCUT2D eigenvalue weighted by molar-refractivity contribution is -0.116. The van der Waals surface area contributed by atoms with Gasteiger partial charge in [0.1, 0.15) is 4.90 Å². The molecule has 0 spiro atoms. The van der Waals surface area contributed by atoms with Crippen LogP contribution in [0.4, 0.5) is 14.5 Å². The van der Waals surface area contributed by atoms with Gasteiger partial charge in [0.2, 0.25) is 15.7 Å². The van der Waals surface area contributed by atoms with Crippen molar-refractivity contribution in [2.45, 2.75) is 29.1 Å². The van der Waals surface area contributed by atoms with Crippen molar-refractivity contribution in [3.8, 4) is 0 Å². The maximum atomic E-state index is 14.3. The van der Waals surface area contributed by atoms with Gasteiger partial charge in [-0.05, 0) is 30.7 Å². The van der Waals surface area contributed by atoms with Gasteiger partial charge in [-0.25, -0.2) is 17.2 Å². The van der Waals surface area contributed by atoms with Gasteiger partial charge in [-0.15, -0.1) is 11.3 Å². The summed E-state index contributed by atoms with van der Waals surface area (Å²) in [4.78, 5) is 12.8. The number of hydrogen-bond acceptors (Lipinski definition) is 4. The van der Waals surface area contributed by atoms with E-state index in [0.29, 0.717) is 4.88 Å². The van der Waals surface area contributed by atoms with Gasteiger partial charge in [0.05, 0.1) is 10.6 Å². The first kappa shape index (κ1) is 18.8. The lowest BCUT2D eigenvalue weighted by Crippen LogP contribution is -2.24. The lowest BCUT2D eigenvalue weighted by atomic mass is 9.90. The van der Waals surface area contributed by atoms with Gasteiger partial charge in [-0.2, -0.15) is 0 Å². The highest BCUT2D eigenvalue weighted by atomic mass is 32.2. The Labute approximate surface area is 164 Å². The molecule has 0 aliphatic carbocycles. The van der Waals surface area contributed by atoms with E-state index >= 15 is 0 Å². The van der Waals surface area contributed by atoms with Crippen molar-refractivity contribution in [1.82, 2.24) is 0 Å². The van der Waals surface area contributed by atoms with E-state index in [0.717, 1.165) is 23.0 Å². The molecule has 144 valence electrons. The molecule has 0 radical (unpaired) electrons. The standard InChI is InChI=1S/C20H15F2NO3S2/c1-11-5-7-12(8-6-11)28(25,26)16-10-27-20-14(9-17(24)23-19(16)20)13-3-2-4-15(21)18(13)22/h2-8,10,14H,9H2,1H3,(H,23,24)/t14-/m0/s1. The number of hydrogen-bond donors (Lipinski definition) is 1. The first-order chi connectivity index (χ1) is 13.3. The Bertz CT molecular complexity index is 1180. The third-order valence-electron chi connectivity index (χ3n) is 4.73. The number of carbonyl (C=O) groups excluding carboxylic acids is 1. The van der Waals surface area contributed by atoms with Crippen LogP contribution in [0, 0.1) is 18.6 Å². The normalized spacial score (nSPS) is 16.5. The summed E-state index contributed by atoms with van der Waals surface area (Å²) in [6.07, 6.45) is -0.0854. The minimum atomic E-state index is -3.87. The molecule has 0 saturated heterocycles. The second kappa shape index (κ2) is 6.79. The Balaban J connectivity index is 1.85. The van der Waals surface area contributed by atoms with Crippen LogP contribution in [-0.2, 0) is 14.6 Å². The molecule has 28 heavy (non-hydrogen) atoms. The van der Waals surface area contributed by atoms with Crippen LogP contribution in [0.1, 0.15) is 28.3 Å². The van der Waals surface area contributed by atoms with E-state index in [-0.39, 0.29) is 27.5 Å². The summed E-state index contributed by atoms with van der Waals surface area (Å²) in [7, 11) is -3.87. The predicted octanol–water partition coefficient (Wildman–Crippen LogP) is 4.64. The summed E-state index contributed by atoms with van der Waals surface area (Å²) in [5.41, 5.74) is 1.11. The van der Waals surface area contributed by atoms with Gasteiger partial charge >= 0.3 is 0 Å². The predicted molar refractivity (Wildman–Crippen MR) is 102 cm³/mol. The molecular formula is C20H15F2NO3S2. The molecule has 2 heterocycles. The SMILES string of the molecule is Cc1ccc(S(=O)(=O)c2csc3c2NC(=O)C[C@H]3c2cccc(F)c2F)cc1. The van der Waals surface area contributed by atoms with Crippen molar-refractivity contribution in [3.63, 3.8) is 0 Å². The molecule has 1 amide bonds. The Hall–Kier alpha value is -2.58. The van der Waals surface area contributed by atoms with Gasteiger partial charge in [0.25, 0.3) is 0 Å². The van der Waals surface area contributed by atoms with E-state index in [1.54, 1.807) is 12.1 Å². The molecule has 8 heteroatoms. The molecule has 1 aromatic heterocycles. The van der Waals surface area contributed by atoms with Crippen LogP contribution in [0.5, 0.6) is 0 Å². The van der Waals surface area contributed by atoms with Crippen LogP contribution >= 0.6 is 11.3 Å². The third-order valence-corrected chi connectivity index (χ3v) is 7.77. The number of aryl methyl sites for hydroxylation is 1. The summed E-state index contributed by atoms with van der Waals surface area (Å²) >= 11 is 1.11. The zero-order valence-corrected chi connectivity index (χ0v) is 16.3. The largest absolute Gasteiger partial charge is 0.324 e. The van der Waals surface area contributed by atoms with E-state index in [1.165, 1.54) is 29.6 Å². The number of fused-ring (bicyclic) bond motifs is 1. The second-order valence-corrected chi connectivity index (χ2v) is 9.43. The van der Waals surface area contributed by atoms with Crippen LogP contribution in [0.15, 0.2) is 57.6 Å². The van der Waals surface area contributed by atoms with Crippen molar-refractivity contribution in [2.24, 2.45) is 0 Å². The van der Waals surface area contributed by atoms with Crippen LogP contribution in [0.3, 0.4) is 0 Å². The maximum Gasteiger partial charge on any atom is 0.225 e. The molecule has 3 aromatic rings. The summed E-state index contributed by atoms with van der Waals surface area (Å²) in [6, 6.07) is 10.2. The highest BCUT2D eigenvalue weighted by Crippen LogP contribution is 2.46. The smallest absolute Gasteiger partial charge is 0.225 e. The molecule has 4 rings (SSSR count). The lowest BCUT2D eigenvalue weighted by Gasteiger charge is -2.24. The van der Waals surface area contributed by atoms with Crippen molar-refractivity contribution in [2.75, 3.05) is 5.32 Å². The number of nitrogens with one attached hydrogen (secondary N) is 1. The van der Waals surface area contributed by atoms with Crippen LogP contribution in [0.25, 0.3) is 0 Å². The van der Waals surface area contributed by atoms with Crippen molar-refractivity contribution in [1.29, 1.82) is 0 Å². The van der Waals surface area contributed by atoms with Gasteiger partial charge in [-0.3, -0.25) is 4.79 Å². The quantitative estimate of drug-likeness (QED) is 0.673. The number of carbonyl (C=O) groups is 1. The fourth-order valence-corrected chi connectivity index (χ4v) is 6.19. The van der Waals surface area contributed by atoms with Gasteiger partial charge in [0, 0.05) is 22.6 Å².